The van der Waals surface area contributed by atoms with Crippen molar-refractivity contribution in [3.05, 3.63) is 71.9 Å². The number of aliphatic hydroxyl groups excluding tert-OH is 1. The number of nitrogens with two attached hydrogens (primary N) is 2. The van der Waals surface area contributed by atoms with Gasteiger partial charge in [-0.15, -0.1) is 0 Å². The van der Waals surface area contributed by atoms with Crippen LogP contribution < -0.4 is 54.0 Å². The van der Waals surface area contributed by atoms with Crippen LogP contribution in [0.4, 0.5) is 0 Å². The third kappa shape index (κ3) is 25.5. The summed E-state index contributed by atoms with van der Waals surface area (Å²) in [5.74, 6) is -5.51. The minimum absolute atomic E-state index is 0.0279. The molecule has 23 nitrogen and oxygen atoms in total. The maximum Gasteiger partial charge on any atom is 0.245 e. The van der Waals surface area contributed by atoms with Crippen LogP contribution in [0.25, 0.3) is 10.9 Å². The monoisotopic (exact) mass is 1200 g/mol. The number of guanidine groups is 1. The van der Waals surface area contributed by atoms with E-state index >= 15 is 0 Å². The molecule has 0 bridgehead atoms. The van der Waals surface area contributed by atoms with Gasteiger partial charge in [0.2, 0.25) is 47.3 Å². The molecule has 86 heavy (non-hydrogen) atoms. The van der Waals surface area contributed by atoms with Gasteiger partial charge in [-0.2, -0.15) is 0 Å². The SMILES string of the molecule is CCCCCCCCCCCC(=O)N[C@@H](CCCC)C(=O)N[C@@H](CCC(C)OC)C(=O)N1C[C@H](O)CC1C(=O)NC(Cc1ccccc1)C(=O)NC(CCCNC(=N)N)C(=O)N[C@@H](Cc1c[nH]c2ccccc12)C(=O)N[C@@H](CCCCNC)C(N)=O. The number of rotatable bonds is 43. The lowest BCUT2D eigenvalue weighted by Crippen LogP contribution is -2.60. The molecular weight excluding hydrogens is 1100 g/mol. The zero-order valence-electron chi connectivity index (χ0n) is 51.6. The fraction of sp³-hybridized carbons (Fsp3) is 0.635. The smallest absolute Gasteiger partial charge is 0.245 e. The van der Waals surface area contributed by atoms with Crippen LogP contribution in [0.2, 0.25) is 0 Å². The highest BCUT2D eigenvalue weighted by Crippen LogP contribution is 2.23. The predicted octanol–water partition coefficient (Wildman–Crippen LogP) is 3.89. The number of aliphatic hydroxyl groups is 1. The van der Waals surface area contributed by atoms with E-state index in [9.17, 15) is 43.5 Å². The van der Waals surface area contributed by atoms with Crippen molar-refractivity contribution in [1.29, 1.82) is 5.41 Å². The Hall–Kier alpha value is -7.11. The average Bonchev–Trinajstić information content (AvgIpc) is 2.66. The number of benzene rings is 2. The molecular formula is C63H101N13O10. The van der Waals surface area contributed by atoms with Crippen molar-refractivity contribution in [2.24, 2.45) is 11.5 Å². The molecule has 8 amide bonds. The number of carbonyl (C=O) groups is 8. The van der Waals surface area contributed by atoms with Crippen molar-refractivity contribution in [2.75, 3.05) is 33.8 Å². The number of aromatic nitrogens is 1. The lowest BCUT2D eigenvalue weighted by molar-refractivity contribution is -0.143. The van der Waals surface area contributed by atoms with E-state index in [0.717, 1.165) is 36.6 Å². The molecule has 1 aliphatic rings. The van der Waals surface area contributed by atoms with Gasteiger partial charge in [0.15, 0.2) is 5.96 Å². The van der Waals surface area contributed by atoms with E-state index in [1.54, 1.807) is 43.6 Å². The molecule has 3 aromatic rings. The van der Waals surface area contributed by atoms with E-state index in [4.69, 9.17) is 21.6 Å². The third-order valence-corrected chi connectivity index (χ3v) is 15.8. The summed E-state index contributed by atoms with van der Waals surface area (Å²) >= 11 is 0. The first kappa shape index (κ1) is 71.4. The highest BCUT2D eigenvalue weighted by atomic mass is 16.5. The highest BCUT2D eigenvalue weighted by molar-refractivity contribution is 5.98. The van der Waals surface area contributed by atoms with Crippen molar-refractivity contribution in [2.45, 2.75) is 223 Å². The predicted molar refractivity (Wildman–Crippen MR) is 333 cm³/mol. The Morgan fingerprint density at radius 2 is 1.21 bits per heavy atom. The minimum atomic E-state index is -1.37. The summed E-state index contributed by atoms with van der Waals surface area (Å²) in [6.07, 6.45) is 13.9. The highest BCUT2D eigenvalue weighted by Gasteiger charge is 2.43. The van der Waals surface area contributed by atoms with Crippen LogP contribution in [0.5, 0.6) is 0 Å². The molecule has 23 heteroatoms. The summed E-state index contributed by atoms with van der Waals surface area (Å²) < 4.78 is 5.51. The first-order valence-corrected chi connectivity index (χ1v) is 31.3. The number of nitrogens with zero attached hydrogens (tertiary/aromatic N) is 1. The summed E-state index contributed by atoms with van der Waals surface area (Å²) in [6, 6.07) is 7.80. The van der Waals surface area contributed by atoms with Crippen LogP contribution >= 0.6 is 0 Å². The maximum atomic E-state index is 14.9. The average molecular weight is 1200 g/mol. The molecule has 0 spiro atoms. The molecule has 2 heterocycles. The van der Waals surface area contributed by atoms with Crippen LogP contribution in [0.3, 0.4) is 0 Å². The summed E-state index contributed by atoms with van der Waals surface area (Å²) in [6.45, 7) is 6.56. The van der Waals surface area contributed by atoms with Crippen molar-refractivity contribution in [1.82, 2.24) is 52.4 Å². The number of carbonyl (C=O) groups excluding carboxylic acids is 8. The van der Waals surface area contributed by atoms with Gasteiger partial charge < -0.3 is 73.7 Å². The number of aromatic amines is 1. The molecule has 15 N–H and O–H groups in total. The van der Waals surface area contributed by atoms with Crippen molar-refractivity contribution >= 4 is 64.1 Å². The second-order valence-corrected chi connectivity index (χ2v) is 22.9. The first-order chi connectivity index (χ1) is 41.4. The number of hydrogen-bond donors (Lipinski definition) is 13. The van der Waals surface area contributed by atoms with Crippen LogP contribution in [-0.4, -0.2) is 156 Å². The van der Waals surface area contributed by atoms with Crippen molar-refractivity contribution in [3.8, 4) is 0 Å². The van der Waals surface area contributed by atoms with Crippen LogP contribution in [0, 0.1) is 5.41 Å². The number of amides is 8. The van der Waals surface area contributed by atoms with E-state index in [0.29, 0.717) is 56.2 Å². The van der Waals surface area contributed by atoms with E-state index in [1.165, 1.54) is 44.1 Å². The molecule has 4 rings (SSSR count). The molecule has 478 valence electrons. The Balaban J connectivity index is 1.60. The van der Waals surface area contributed by atoms with Gasteiger partial charge in [-0.1, -0.05) is 127 Å². The lowest BCUT2D eigenvalue weighted by Gasteiger charge is -2.31. The van der Waals surface area contributed by atoms with Gasteiger partial charge in [-0.3, -0.25) is 43.8 Å². The second kappa shape index (κ2) is 39.6. The Morgan fingerprint density at radius 1 is 0.640 bits per heavy atom. The van der Waals surface area contributed by atoms with Gasteiger partial charge in [0.05, 0.1) is 12.2 Å². The van der Waals surface area contributed by atoms with Gasteiger partial charge in [-0.05, 0) is 95.5 Å². The summed E-state index contributed by atoms with van der Waals surface area (Å²) in [5, 5.41) is 42.5. The van der Waals surface area contributed by atoms with Crippen molar-refractivity contribution < 1.29 is 48.2 Å². The number of β-amino-alcohol motifs (C(OH)–C–C–N with tert-alkyl or cyclic N) is 1. The van der Waals surface area contributed by atoms with E-state index < -0.39 is 89.7 Å². The Morgan fingerprint density at radius 3 is 1.86 bits per heavy atom. The molecule has 0 radical (unpaired) electrons. The number of nitrogens with one attached hydrogen (secondary N) is 10. The second-order valence-electron chi connectivity index (χ2n) is 22.9. The molecule has 4 unspecified atom stereocenters. The van der Waals surface area contributed by atoms with Crippen molar-refractivity contribution in [3.63, 3.8) is 0 Å². The number of hydrogen-bond acceptors (Lipinski definition) is 12. The minimum Gasteiger partial charge on any atom is -0.391 e. The van der Waals surface area contributed by atoms with E-state index in [2.05, 4.69) is 54.4 Å². The van der Waals surface area contributed by atoms with Crippen LogP contribution in [0.1, 0.15) is 167 Å². The number of para-hydroxylation sites is 1. The van der Waals surface area contributed by atoms with Gasteiger partial charge in [0.25, 0.3) is 0 Å². The molecule has 9 atom stereocenters. The Labute approximate surface area is 508 Å². The fourth-order valence-electron chi connectivity index (χ4n) is 10.7. The number of likely N-dealkylation sites (tertiary alicyclic amines) is 1. The lowest BCUT2D eigenvalue weighted by atomic mass is 10.0. The zero-order chi connectivity index (χ0) is 62.8. The standard InChI is InChI=1S/C63H101N13O10/c1-6-8-10-11-12-13-14-15-19-32-55(78)70-49(28-9-7-2)57(80)73-51(34-33-42(3)86-5)62(85)76-41-45(77)39-54(76)61(84)75-52(37-43-25-17-16-18-26-43)59(82)72-50(31-24-36-68-63(65)66)58(81)74-53(38-44-40-69-47-29-21-20-27-46(44)47)60(83)71-48(56(64)79)30-22-23-35-67-4/h16-18,20-21,25-27,29,40,42,45,48-54,67,69,77H,6-15,19,22-24,28,30-39,41H2,1-5H3,(H2,64,79)(H,70,78)(H,71,83)(H,72,82)(H,73,80)(H,74,81)(H,75,84)(H4,65,66,68)/t42?,45-,48+,49+,50?,51+,52?,53+,54?/m1/s1. The number of H-pyrrole nitrogens is 1. The van der Waals surface area contributed by atoms with Gasteiger partial charge in [0.1, 0.15) is 42.3 Å². The first-order valence-electron chi connectivity index (χ1n) is 31.3. The number of fused-ring (bicyclic) bond motifs is 1. The summed E-state index contributed by atoms with van der Waals surface area (Å²) in [4.78, 5) is 118. The Kier molecular flexibility index (Phi) is 32.8. The molecule has 2 aromatic carbocycles. The number of ether oxygens (including phenoxy) is 1. The zero-order valence-corrected chi connectivity index (χ0v) is 51.6. The van der Waals surface area contributed by atoms with E-state index in [-0.39, 0.29) is 82.4 Å². The fourth-order valence-corrected chi connectivity index (χ4v) is 10.7. The molecule has 1 fully saturated rings. The van der Waals surface area contributed by atoms with Crippen LogP contribution in [-0.2, 0) is 55.9 Å². The number of methoxy groups -OCH3 is 1. The maximum absolute atomic E-state index is 14.9. The van der Waals surface area contributed by atoms with Gasteiger partial charge in [0, 0.05) is 63.0 Å². The summed E-state index contributed by atoms with van der Waals surface area (Å²) in [7, 11) is 3.34. The third-order valence-electron chi connectivity index (χ3n) is 15.8. The molecule has 1 aromatic heterocycles. The van der Waals surface area contributed by atoms with Gasteiger partial charge in [-0.25, -0.2) is 0 Å². The molecule has 1 aliphatic heterocycles. The molecule has 0 saturated carbocycles. The van der Waals surface area contributed by atoms with Crippen LogP contribution in [0.15, 0.2) is 60.8 Å². The summed E-state index contributed by atoms with van der Waals surface area (Å²) in [5.41, 5.74) is 13.5. The normalized spacial score (nSPS) is 16.4. The topological polar surface area (TPSA) is 357 Å². The largest absolute Gasteiger partial charge is 0.391 e. The van der Waals surface area contributed by atoms with E-state index in [1.807, 2.05) is 38.1 Å². The number of primary amides is 1. The Bertz CT molecular complexity index is 2590. The molecule has 0 aliphatic carbocycles. The number of unbranched alkanes of at least 4 members (excludes halogenated alkanes) is 10. The quantitative estimate of drug-likeness (QED) is 0.0218. The van der Waals surface area contributed by atoms with Gasteiger partial charge >= 0.3 is 0 Å². The molecule has 1 saturated heterocycles.